The lowest BCUT2D eigenvalue weighted by molar-refractivity contribution is 0.226. The molecule has 0 saturated heterocycles. The van der Waals surface area contributed by atoms with Gasteiger partial charge in [-0.05, 0) is 26.3 Å². The highest BCUT2D eigenvalue weighted by Crippen LogP contribution is 2.04. The normalized spacial score (nSPS) is 11.4. The standard InChI is InChI=1S/C9H15N3O/c1-7-4-11-8(12-5-7)13-6-9(2,3)10/h4-5H,6,10H2,1-3H3. The van der Waals surface area contributed by atoms with Gasteiger partial charge in [-0.25, -0.2) is 9.97 Å². The molecule has 0 aromatic carbocycles. The monoisotopic (exact) mass is 181 g/mol. The smallest absolute Gasteiger partial charge is 0.316 e. The molecule has 0 amide bonds. The summed E-state index contributed by atoms with van der Waals surface area (Å²) in [5, 5.41) is 0. The van der Waals surface area contributed by atoms with Crippen molar-refractivity contribution in [1.29, 1.82) is 0 Å². The van der Waals surface area contributed by atoms with E-state index >= 15 is 0 Å². The van der Waals surface area contributed by atoms with Crippen LogP contribution in [0.2, 0.25) is 0 Å². The third-order valence-electron chi connectivity index (χ3n) is 1.33. The molecule has 0 aliphatic carbocycles. The van der Waals surface area contributed by atoms with Gasteiger partial charge in [-0.15, -0.1) is 0 Å². The molecule has 4 heteroatoms. The minimum absolute atomic E-state index is 0.353. The van der Waals surface area contributed by atoms with Crippen LogP contribution in [0.4, 0.5) is 0 Å². The van der Waals surface area contributed by atoms with Crippen LogP contribution >= 0.6 is 0 Å². The number of ether oxygens (including phenoxy) is 1. The molecule has 0 saturated carbocycles. The minimum Gasteiger partial charge on any atom is -0.462 e. The van der Waals surface area contributed by atoms with E-state index in [1.54, 1.807) is 12.4 Å². The number of aryl methyl sites for hydroxylation is 1. The van der Waals surface area contributed by atoms with Gasteiger partial charge in [-0.3, -0.25) is 0 Å². The number of nitrogens with zero attached hydrogens (tertiary/aromatic N) is 2. The molecule has 72 valence electrons. The first-order valence-corrected chi connectivity index (χ1v) is 4.18. The molecule has 4 nitrogen and oxygen atoms in total. The molecule has 0 aliphatic rings. The van der Waals surface area contributed by atoms with Crippen LogP contribution < -0.4 is 10.5 Å². The zero-order valence-corrected chi connectivity index (χ0v) is 8.24. The molecule has 1 aromatic heterocycles. The van der Waals surface area contributed by atoms with Gasteiger partial charge in [0, 0.05) is 17.9 Å². The summed E-state index contributed by atoms with van der Waals surface area (Å²) in [4.78, 5) is 7.98. The summed E-state index contributed by atoms with van der Waals surface area (Å²) in [7, 11) is 0. The number of nitrogens with two attached hydrogens (primary N) is 1. The molecule has 0 aliphatic heterocycles. The zero-order chi connectivity index (χ0) is 9.90. The van der Waals surface area contributed by atoms with Crippen LogP contribution in [-0.4, -0.2) is 22.1 Å². The van der Waals surface area contributed by atoms with Crippen LogP contribution in [0.3, 0.4) is 0 Å². The first-order chi connectivity index (χ1) is 5.97. The Hall–Kier alpha value is -1.16. The second-order valence-electron chi connectivity index (χ2n) is 3.82. The van der Waals surface area contributed by atoms with E-state index in [9.17, 15) is 0 Å². The molecular weight excluding hydrogens is 166 g/mol. The van der Waals surface area contributed by atoms with E-state index in [1.165, 1.54) is 0 Å². The van der Waals surface area contributed by atoms with Crippen LogP contribution in [0.5, 0.6) is 6.01 Å². The van der Waals surface area contributed by atoms with Gasteiger partial charge >= 0.3 is 6.01 Å². The quantitative estimate of drug-likeness (QED) is 0.752. The highest BCUT2D eigenvalue weighted by molar-refractivity contribution is 5.04. The van der Waals surface area contributed by atoms with Crippen molar-refractivity contribution in [3.05, 3.63) is 18.0 Å². The van der Waals surface area contributed by atoms with Crippen molar-refractivity contribution in [3.63, 3.8) is 0 Å². The van der Waals surface area contributed by atoms with Crippen molar-refractivity contribution < 1.29 is 4.74 Å². The summed E-state index contributed by atoms with van der Waals surface area (Å²) >= 11 is 0. The summed E-state index contributed by atoms with van der Waals surface area (Å²) in [5.41, 5.74) is 6.39. The lowest BCUT2D eigenvalue weighted by atomic mass is 10.1. The Bertz CT molecular complexity index is 263. The van der Waals surface area contributed by atoms with E-state index in [1.807, 2.05) is 20.8 Å². The predicted octanol–water partition coefficient (Wildman–Crippen LogP) is 0.901. The lowest BCUT2D eigenvalue weighted by Gasteiger charge is -2.17. The van der Waals surface area contributed by atoms with Gasteiger partial charge < -0.3 is 10.5 Å². The van der Waals surface area contributed by atoms with Gasteiger partial charge in [0.05, 0.1) is 0 Å². The van der Waals surface area contributed by atoms with Gasteiger partial charge in [0.1, 0.15) is 6.61 Å². The van der Waals surface area contributed by atoms with E-state index in [0.717, 1.165) is 5.56 Å². The van der Waals surface area contributed by atoms with Gasteiger partial charge in [-0.1, -0.05) is 0 Å². The fraction of sp³-hybridized carbons (Fsp3) is 0.556. The average molecular weight is 181 g/mol. The molecular formula is C9H15N3O. The van der Waals surface area contributed by atoms with Crippen molar-refractivity contribution >= 4 is 0 Å². The second-order valence-corrected chi connectivity index (χ2v) is 3.82. The molecule has 2 N–H and O–H groups in total. The fourth-order valence-electron chi connectivity index (χ4n) is 0.706. The van der Waals surface area contributed by atoms with Crippen LogP contribution in [0.1, 0.15) is 19.4 Å². The summed E-state index contributed by atoms with van der Waals surface area (Å²) in [6.07, 6.45) is 3.43. The molecule has 0 atom stereocenters. The molecule has 0 radical (unpaired) electrons. The topological polar surface area (TPSA) is 61.0 Å². The third-order valence-corrected chi connectivity index (χ3v) is 1.33. The molecule has 1 aromatic rings. The average Bonchev–Trinajstić information content (AvgIpc) is 2.02. The minimum atomic E-state index is -0.353. The molecule has 13 heavy (non-hydrogen) atoms. The van der Waals surface area contributed by atoms with Crippen LogP contribution in [0.25, 0.3) is 0 Å². The van der Waals surface area contributed by atoms with E-state index in [4.69, 9.17) is 10.5 Å². The van der Waals surface area contributed by atoms with Gasteiger partial charge in [0.15, 0.2) is 0 Å². The van der Waals surface area contributed by atoms with Crippen LogP contribution in [-0.2, 0) is 0 Å². The van der Waals surface area contributed by atoms with Crippen molar-refractivity contribution in [2.75, 3.05) is 6.61 Å². The van der Waals surface area contributed by atoms with E-state index < -0.39 is 0 Å². The molecule has 0 bridgehead atoms. The van der Waals surface area contributed by atoms with Crippen molar-refractivity contribution in [1.82, 2.24) is 9.97 Å². The van der Waals surface area contributed by atoms with E-state index in [0.29, 0.717) is 12.6 Å². The maximum atomic E-state index is 5.73. The Morgan fingerprint density at radius 1 is 1.38 bits per heavy atom. The maximum absolute atomic E-state index is 5.73. The number of hydrogen-bond acceptors (Lipinski definition) is 4. The Labute approximate surface area is 78.1 Å². The van der Waals surface area contributed by atoms with Crippen molar-refractivity contribution in [2.45, 2.75) is 26.3 Å². The largest absolute Gasteiger partial charge is 0.462 e. The van der Waals surface area contributed by atoms with Gasteiger partial charge in [-0.2, -0.15) is 0 Å². The van der Waals surface area contributed by atoms with Crippen LogP contribution in [0, 0.1) is 6.92 Å². The molecule has 0 spiro atoms. The lowest BCUT2D eigenvalue weighted by Crippen LogP contribution is -2.38. The Kier molecular flexibility index (Phi) is 2.83. The van der Waals surface area contributed by atoms with E-state index in [2.05, 4.69) is 9.97 Å². The Balaban J connectivity index is 2.51. The van der Waals surface area contributed by atoms with Gasteiger partial charge in [0.25, 0.3) is 0 Å². The SMILES string of the molecule is Cc1cnc(OCC(C)(C)N)nc1. The number of hydrogen-bond donors (Lipinski definition) is 1. The van der Waals surface area contributed by atoms with E-state index in [-0.39, 0.29) is 5.54 Å². The van der Waals surface area contributed by atoms with Crippen LogP contribution in [0.15, 0.2) is 12.4 Å². The predicted molar refractivity (Wildman–Crippen MR) is 50.5 cm³/mol. The Morgan fingerprint density at radius 2 is 1.92 bits per heavy atom. The molecule has 0 fully saturated rings. The second kappa shape index (κ2) is 3.70. The Morgan fingerprint density at radius 3 is 2.38 bits per heavy atom. The van der Waals surface area contributed by atoms with Crippen molar-refractivity contribution in [3.8, 4) is 6.01 Å². The number of rotatable bonds is 3. The summed E-state index contributed by atoms with van der Waals surface area (Å²) in [6, 6.07) is 0.379. The molecule has 1 rings (SSSR count). The fourth-order valence-corrected chi connectivity index (χ4v) is 0.706. The molecule has 0 unspecified atom stereocenters. The van der Waals surface area contributed by atoms with Gasteiger partial charge in [0.2, 0.25) is 0 Å². The first kappa shape index (κ1) is 9.92. The van der Waals surface area contributed by atoms with Crippen molar-refractivity contribution in [2.24, 2.45) is 5.73 Å². The first-order valence-electron chi connectivity index (χ1n) is 4.18. The summed E-state index contributed by atoms with van der Waals surface area (Å²) in [5.74, 6) is 0. The number of aromatic nitrogens is 2. The maximum Gasteiger partial charge on any atom is 0.316 e. The zero-order valence-electron chi connectivity index (χ0n) is 8.24. The third kappa shape index (κ3) is 3.85. The molecule has 1 heterocycles. The summed E-state index contributed by atoms with van der Waals surface area (Å²) in [6.45, 7) is 6.12. The summed E-state index contributed by atoms with van der Waals surface area (Å²) < 4.78 is 5.28. The highest BCUT2D eigenvalue weighted by atomic mass is 16.5. The highest BCUT2D eigenvalue weighted by Gasteiger charge is 2.11.